The Labute approximate surface area is 153 Å². The highest BCUT2D eigenvalue weighted by atomic mass is 19.4. The van der Waals surface area contributed by atoms with Gasteiger partial charge in [0.25, 0.3) is 0 Å². The van der Waals surface area contributed by atoms with Gasteiger partial charge in [-0.2, -0.15) is 13.2 Å². The fourth-order valence-electron chi connectivity index (χ4n) is 2.19. The van der Waals surface area contributed by atoms with Crippen LogP contribution < -0.4 is 9.47 Å². The van der Waals surface area contributed by atoms with Crippen LogP contribution in [0.4, 0.5) is 13.2 Å². The maximum atomic E-state index is 12.5. The van der Waals surface area contributed by atoms with Gasteiger partial charge >= 0.3 is 12.1 Å². The van der Waals surface area contributed by atoms with E-state index in [-0.39, 0.29) is 31.5 Å². The van der Waals surface area contributed by atoms with Crippen LogP contribution in [0.25, 0.3) is 0 Å². The van der Waals surface area contributed by atoms with E-state index in [0.29, 0.717) is 5.56 Å². The van der Waals surface area contributed by atoms with Crippen molar-refractivity contribution in [1.29, 1.82) is 0 Å². The molecule has 0 aliphatic rings. The van der Waals surface area contributed by atoms with Crippen LogP contribution in [-0.2, 0) is 15.7 Å². The summed E-state index contributed by atoms with van der Waals surface area (Å²) in [5.41, 5.74) is -0.368. The number of halogens is 3. The van der Waals surface area contributed by atoms with Gasteiger partial charge in [-0.25, -0.2) is 9.78 Å². The predicted molar refractivity (Wildman–Crippen MR) is 88.7 cm³/mol. The Hall–Kier alpha value is -2.81. The highest BCUT2D eigenvalue weighted by molar-refractivity contribution is 5.74. The van der Waals surface area contributed by atoms with Crippen molar-refractivity contribution in [2.45, 2.75) is 19.2 Å². The zero-order valence-corrected chi connectivity index (χ0v) is 14.4. The minimum atomic E-state index is -4.40. The van der Waals surface area contributed by atoms with Crippen LogP contribution in [0.15, 0.2) is 42.6 Å². The molecule has 0 fully saturated rings. The standard InChI is InChI=1S/C18H18F3NO5/c1-2-25-16(17(23)24)12-7-8-22-15(11-12)27-10-9-26-14-5-3-13(4-6-14)18(19,20)21/h3-8,11,16H,2,9-10H2,1H3,(H,23,24). The molecule has 6 nitrogen and oxygen atoms in total. The number of hydrogen-bond acceptors (Lipinski definition) is 5. The quantitative estimate of drug-likeness (QED) is 0.663. The maximum Gasteiger partial charge on any atom is 0.416 e. The minimum absolute atomic E-state index is 0.0733. The van der Waals surface area contributed by atoms with Gasteiger partial charge in [0, 0.05) is 18.9 Å². The molecule has 0 aliphatic heterocycles. The third-order valence-electron chi connectivity index (χ3n) is 3.40. The van der Waals surface area contributed by atoms with Crippen LogP contribution in [0.2, 0.25) is 0 Å². The monoisotopic (exact) mass is 385 g/mol. The lowest BCUT2D eigenvalue weighted by molar-refractivity contribution is -0.150. The van der Waals surface area contributed by atoms with Crippen molar-refractivity contribution in [3.63, 3.8) is 0 Å². The molecule has 1 unspecified atom stereocenters. The first-order chi connectivity index (χ1) is 12.8. The van der Waals surface area contributed by atoms with Gasteiger partial charge < -0.3 is 19.3 Å². The largest absolute Gasteiger partial charge is 0.490 e. The second-order valence-electron chi connectivity index (χ2n) is 5.32. The summed E-state index contributed by atoms with van der Waals surface area (Å²) in [5.74, 6) is -0.662. The van der Waals surface area contributed by atoms with Crippen molar-refractivity contribution in [2.75, 3.05) is 19.8 Å². The minimum Gasteiger partial charge on any atom is -0.490 e. The summed E-state index contributed by atoms with van der Waals surface area (Å²) >= 11 is 0. The van der Waals surface area contributed by atoms with E-state index in [1.807, 2.05) is 0 Å². The number of rotatable bonds is 9. The first-order valence-corrected chi connectivity index (χ1v) is 8.04. The number of benzene rings is 1. The van der Waals surface area contributed by atoms with Crippen molar-refractivity contribution in [3.8, 4) is 11.6 Å². The van der Waals surface area contributed by atoms with Crippen LogP contribution >= 0.6 is 0 Å². The van der Waals surface area contributed by atoms with Gasteiger partial charge in [-0.1, -0.05) is 0 Å². The Morgan fingerprint density at radius 1 is 1.15 bits per heavy atom. The van der Waals surface area contributed by atoms with E-state index in [1.165, 1.54) is 30.5 Å². The third kappa shape index (κ3) is 6.14. The molecule has 2 aromatic rings. The van der Waals surface area contributed by atoms with Gasteiger partial charge in [0.05, 0.1) is 5.56 Å². The Balaban J connectivity index is 1.87. The molecular weight excluding hydrogens is 367 g/mol. The molecule has 0 bridgehead atoms. The molecular formula is C18H18F3NO5. The molecule has 0 spiro atoms. The highest BCUT2D eigenvalue weighted by Gasteiger charge is 2.30. The SMILES string of the molecule is CCOC(C(=O)O)c1ccnc(OCCOc2ccc(C(F)(F)F)cc2)c1. The highest BCUT2D eigenvalue weighted by Crippen LogP contribution is 2.30. The van der Waals surface area contributed by atoms with Crippen LogP contribution in [0, 0.1) is 0 Å². The summed E-state index contributed by atoms with van der Waals surface area (Å²) in [5, 5.41) is 9.18. The van der Waals surface area contributed by atoms with Crippen LogP contribution in [0.5, 0.6) is 11.6 Å². The average Bonchev–Trinajstić information content (AvgIpc) is 2.63. The Morgan fingerprint density at radius 2 is 1.81 bits per heavy atom. The lowest BCUT2D eigenvalue weighted by atomic mass is 10.1. The maximum absolute atomic E-state index is 12.5. The number of carbonyl (C=O) groups is 1. The molecule has 0 radical (unpaired) electrons. The molecule has 1 aromatic heterocycles. The average molecular weight is 385 g/mol. The summed E-state index contributed by atoms with van der Waals surface area (Å²) < 4.78 is 53.3. The lowest BCUT2D eigenvalue weighted by Gasteiger charge is -2.14. The smallest absolute Gasteiger partial charge is 0.416 e. The summed E-state index contributed by atoms with van der Waals surface area (Å²) in [6, 6.07) is 7.27. The first-order valence-electron chi connectivity index (χ1n) is 8.04. The summed E-state index contributed by atoms with van der Waals surface area (Å²) in [4.78, 5) is 15.2. The molecule has 27 heavy (non-hydrogen) atoms. The number of aliphatic carboxylic acids is 1. The topological polar surface area (TPSA) is 77.9 Å². The van der Waals surface area contributed by atoms with Gasteiger partial charge in [0.1, 0.15) is 19.0 Å². The molecule has 1 atom stereocenters. The number of carboxylic acid groups (broad SMARTS) is 1. The summed E-state index contributed by atoms with van der Waals surface area (Å²) in [6.45, 7) is 2.07. The van der Waals surface area contributed by atoms with Gasteiger partial charge in [0.15, 0.2) is 6.10 Å². The van der Waals surface area contributed by atoms with Crippen LogP contribution in [0.3, 0.4) is 0 Å². The second-order valence-corrected chi connectivity index (χ2v) is 5.32. The first kappa shape index (κ1) is 20.5. The van der Waals surface area contributed by atoms with E-state index in [4.69, 9.17) is 14.2 Å². The Kier molecular flexibility index (Phi) is 7.00. The zero-order chi connectivity index (χ0) is 19.9. The van der Waals surface area contributed by atoms with Gasteiger partial charge in [-0.15, -0.1) is 0 Å². The third-order valence-corrected chi connectivity index (χ3v) is 3.40. The number of carboxylic acids is 1. The molecule has 0 saturated heterocycles. The summed E-state index contributed by atoms with van der Waals surface area (Å²) in [6.07, 6.45) is -4.12. The number of pyridine rings is 1. The number of ether oxygens (including phenoxy) is 3. The van der Waals surface area contributed by atoms with Gasteiger partial charge in [-0.3, -0.25) is 0 Å². The molecule has 1 N–H and O–H groups in total. The number of alkyl halides is 3. The molecule has 0 amide bonds. The van der Waals surface area contributed by atoms with E-state index in [2.05, 4.69) is 4.98 Å². The fraction of sp³-hybridized carbons (Fsp3) is 0.333. The van der Waals surface area contributed by atoms with E-state index >= 15 is 0 Å². The number of hydrogen-bond donors (Lipinski definition) is 1. The molecule has 0 aliphatic carbocycles. The predicted octanol–water partition coefficient (Wildman–Crippen LogP) is 3.72. The number of aromatic nitrogens is 1. The van der Waals surface area contributed by atoms with Crippen molar-refractivity contribution in [2.24, 2.45) is 0 Å². The molecule has 2 rings (SSSR count). The van der Waals surface area contributed by atoms with E-state index in [9.17, 15) is 23.1 Å². The van der Waals surface area contributed by atoms with Crippen LogP contribution in [-0.4, -0.2) is 35.9 Å². The van der Waals surface area contributed by atoms with Crippen molar-refractivity contribution in [3.05, 3.63) is 53.7 Å². The van der Waals surface area contributed by atoms with Gasteiger partial charge in [-0.05, 0) is 42.8 Å². The van der Waals surface area contributed by atoms with Gasteiger partial charge in [0.2, 0.25) is 5.88 Å². The van der Waals surface area contributed by atoms with E-state index in [1.54, 1.807) is 6.92 Å². The lowest BCUT2D eigenvalue weighted by Crippen LogP contribution is -2.16. The second kappa shape index (κ2) is 9.22. The van der Waals surface area contributed by atoms with E-state index < -0.39 is 23.8 Å². The fourth-order valence-corrected chi connectivity index (χ4v) is 2.19. The summed E-state index contributed by atoms with van der Waals surface area (Å²) in [7, 11) is 0. The Morgan fingerprint density at radius 3 is 2.41 bits per heavy atom. The van der Waals surface area contributed by atoms with Crippen molar-refractivity contribution >= 4 is 5.97 Å². The molecule has 9 heteroatoms. The normalized spacial score (nSPS) is 12.4. The Bertz CT molecular complexity index is 749. The van der Waals surface area contributed by atoms with Crippen molar-refractivity contribution in [1.82, 2.24) is 4.98 Å². The zero-order valence-electron chi connectivity index (χ0n) is 14.4. The van der Waals surface area contributed by atoms with Crippen LogP contribution in [0.1, 0.15) is 24.2 Å². The van der Waals surface area contributed by atoms with E-state index in [0.717, 1.165) is 12.1 Å². The molecule has 0 saturated carbocycles. The molecule has 1 heterocycles. The molecule has 1 aromatic carbocycles. The molecule has 146 valence electrons. The van der Waals surface area contributed by atoms with Crippen molar-refractivity contribution < 1.29 is 37.3 Å². The number of nitrogens with zero attached hydrogens (tertiary/aromatic N) is 1.